The number of benzene rings is 2. The van der Waals surface area contributed by atoms with Crippen LogP contribution in [0.2, 0.25) is 0 Å². The quantitative estimate of drug-likeness (QED) is 0.554. The first-order valence-electron chi connectivity index (χ1n) is 8.05. The predicted molar refractivity (Wildman–Crippen MR) is 97.2 cm³/mol. The van der Waals surface area contributed by atoms with Crippen LogP contribution in [0.25, 0.3) is 21.8 Å². The van der Waals surface area contributed by atoms with Crippen molar-refractivity contribution in [3.63, 3.8) is 0 Å². The van der Waals surface area contributed by atoms with Crippen LogP contribution in [-0.4, -0.2) is 23.7 Å². The number of fused-ring (bicyclic) bond motifs is 2. The minimum atomic E-state index is 0.0178. The molecule has 0 aliphatic rings. The zero-order chi connectivity index (χ0) is 16.4. The molecule has 0 aliphatic heterocycles. The van der Waals surface area contributed by atoms with E-state index in [2.05, 4.69) is 36.4 Å². The molecule has 3 nitrogen and oxygen atoms in total. The minimum absolute atomic E-state index is 0.0178. The number of para-hydroxylation sites is 2. The second-order valence-corrected chi connectivity index (χ2v) is 5.87. The molecule has 2 heterocycles. The molecular weight excluding hydrogens is 296 g/mol. The fourth-order valence-corrected chi connectivity index (χ4v) is 3.04. The maximum atomic E-state index is 5.46. The Labute approximate surface area is 140 Å². The predicted octanol–water partition coefficient (Wildman–Crippen LogP) is 4.56. The van der Waals surface area contributed by atoms with Crippen molar-refractivity contribution in [3.05, 3.63) is 84.2 Å². The summed E-state index contributed by atoms with van der Waals surface area (Å²) in [4.78, 5) is 9.66. The van der Waals surface area contributed by atoms with Crippen LogP contribution in [-0.2, 0) is 4.74 Å². The summed E-state index contributed by atoms with van der Waals surface area (Å²) in [5, 5.41) is 2.28. The van der Waals surface area contributed by atoms with Gasteiger partial charge in [-0.2, -0.15) is 0 Å². The van der Waals surface area contributed by atoms with Crippen LogP contribution in [0.15, 0.2) is 72.8 Å². The molecule has 24 heavy (non-hydrogen) atoms. The van der Waals surface area contributed by atoms with E-state index in [-0.39, 0.29) is 5.92 Å². The molecule has 0 saturated heterocycles. The molecule has 0 atom stereocenters. The molecule has 3 heteroatoms. The fraction of sp³-hybridized carbons (Fsp3) is 0.143. The van der Waals surface area contributed by atoms with E-state index < -0.39 is 0 Å². The highest BCUT2D eigenvalue weighted by Crippen LogP contribution is 2.26. The topological polar surface area (TPSA) is 35.0 Å². The number of aromatic nitrogens is 2. The van der Waals surface area contributed by atoms with Gasteiger partial charge in [-0.15, -0.1) is 0 Å². The number of nitrogens with zero attached hydrogens (tertiary/aromatic N) is 2. The van der Waals surface area contributed by atoms with Crippen molar-refractivity contribution in [2.24, 2.45) is 0 Å². The van der Waals surface area contributed by atoms with Crippen LogP contribution in [0.3, 0.4) is 0 Å². The van der Waals surface area contributed by atoms with Crippen molar-refractivity contribution in [3.8, 4) is 0 Å². The van der Waals surface area contributed by atoms with Gasteiger partial charge >= 0.3 is 0 Å². The van der Waals surface area contributed by atoms with Crippen molar-refractivity contribution in [1.29, 1.82) is 0 Å². The second-order valence-electron chi connectivity index (χ2n) is 5.87. The summed E-state index contributed by atoms with van der Waals surface area (Å²) >= 11 is 0. The van der Waals surface area contributed by atoms with Gasteiger partial charge in [0.25, 0.3) is 0 Å². The summed E-state index contributed by atoms with van der Waals surface area (Å²) < 4.78 is 5.46. The lowest BCUT2D eigenvalue weighted by Crippen LogP contribution is -2.11. The Morgan fingerprint density at radius 3 is 1.71 bits per heavy atom. The van der Waals surface area contributed by atoms with Crippen LogP contribution in [0.4, 0.5) is 0 Å². The van der Waals surface area contributed by atoms with E-state index in [0.717, 1.165) is 33.2 Å². The SMILES string of the molecule is COCC(c1ccc2ccccc2n1)c1ccc2ccccc2n1. The lowest BCUT2D eigenvalue weighted by molar-refractivity contribution is 0.187. The summed E-state index contributed by atoms with van der Waals surface area (Å²) in [5.41, 5.74) is 3.96. The Hall–Kier alpha value is -2.78. The Morgan fingerprint density at radius 1 is 0.708 bits per heavy atom. The maximum Gasteiger partial charge on any atom is 0.0705 e. The number of pyridine rings is 2. The third-order valence-corrected chi connectivity index (χ3v) is 4.29. The van der Waals surface area contributed by atoms with Crippen molar-refractivity contribution in [1.82, 2.24) is 9.97 Å². The van der Waals surface area contributed by atoms with Gasteiger partial charge in [0.15, 0.2) is 0 Å². The summed E-state index contributed by atoms with van der Waals surface area (Å²) in [6.45, 7) is 0.552. The highest BCUT2D eigenvalue weighted by Gasteiger charge is 2.18. The molecule has 2 aromatic heterocycles. The van der Waals surface area contributed by atoms with Crippen LogP contribution >= 0.6 is 0 Å². The maximum absolute atomic E-state index is 5.46. The molecule has 0 fully saturated rings. The van der Waals surface area contributed by atoms with Crippen molar-refractivity contribution >= 4 is 21.8 Å². The van der Waals surface area contributed by atoms with E-state index in [1.165, 1.54) is 0 Å². The van der Waals surface area contributed by atoms with Gasteiger partial charge in [-0.3, -0.25) is 9.97 Å². The molecule has 0 aliphatic carbocycles. The monoisotopic (exact) mass is 314 g/mol. The van der Waals surface area contributed by atoms with E-state index in [1.54, 1.807) is 7.11 Å². The summed E-state index contributed by atoms with van der Waals surface area (Å²) in [6, 6.07) is 24.7. The molecule has 4 aromatic rings. The minimum Gasteiger partial charge on any atom is -0.384 e. The normalized spacial score (nSPS) is 11.4. The van der Waals surface area contributed by atoms with Gasteiger partial charge < -0.3 is 4.74 Å². The standard InChI is InChI=1S/C21H18N2O/c1-24-14-17(20-12-10-15-6-2-4-8-18(15)22-20)21-13-11-16-7-3-5-9-19(16)23-21/h2-13,17H,14H2,1H3. The first-order chi connectivity index (χ1) is 11.8. The first-order valence-corrected chi connectivity index (χ1v) is 8.05. The van der Waals surface area contributed by atoms with Gasteiger partial charge in [0.05, 0.1) is 34.9 Å². The molecule has 0 amide bonds. The Bertz CT molecular complexity index is 918. The molecule has 4 rings (SSSR count). The lowest BCUT2D eigenvalue weighted by Gasteiger charge is -2.16. The number of hydrogen-bond acceptors (Lipinski definition) is 3. The van der Waals surface area contributed by atoms with Crippen LogP contribution in [0.5, 0.6) is 0 Å². The Morgan fingerprint density at radius 2 is 1.21 bits per heavy atom. The second kappa shape index (κ2) is 6.38. The zero-order valence-electron chi connectivity index (χ0n) is 13.5. The van der Waals surface area contributed by atoms with E-state index >= 15 is 0 Å². The molecule has 0 bridgehead atoms. The van der Waals surface area contributed by atoms with Crippen molar-refractivity contribution in [2.45, 2.75) is 5.92 Å². The summed E-state index contributed by atoms with van der Waals surface area (Å²) in [5.74, 6) is 0.0178. The van der Waals surface area contributed by atoms with E-state index in [4.69, 9.17) is 14.7 Å². The lowest BCUT2D eigenvalue weighted by atomic mass is 9.99. The molecule has 118 valence electrons. The van der Waals surface area contributed by atoms with Gasteiger partial charge in [0.2, 0.25) is 0 Å². The third-order valence-electron chi connectivity index (χ3n) is 4.29. The third kappa shape index (κ3) is 2.74. The van der Waals surface area contributed by atoms with Crippen LogP contribution < -0.4 is 0 Å². The highest BCUT2D eigenvalue weighted by atomic mass is 16.5. The summed E-state index contributed by atoms with van der Waals surface area (Å²) in [6.07, 6.45) is 0. The molecule has 0 radical (unpaired) electrons. The average molecular weight is 314 g/mol. The molecule has 0 N–H and O–H groups in total. The molecule has 0 saturated carbocycles. The molecule has 2 aromatic carbocycles. The van der Waals surface area contributed by atoms with Gasteiger partial charge in [-0.05, 0) is 24.3 Å². The fourth-order valence-electron chi connectivity index (χ4n) is 3.04. The summed E-state index contributed by atoms with van der Waals surface area (Å²) in [7, 11) is 1.72. The largest absolute Gasteiger partial charge is 0.384 e. The van der Waals surface area contributed by atoms with Gasteiger partial charge in [-0.25, -0.2) is 0 Å². The van der Waals surface area contributed by atoms with Gasteiger partial charge in [0.1, 0.15) is 0 Å². The number of methoxy groups -OCH3 is 1. The molecule has 0 spiro atoms. The van der Waals surface area contributed by atoms with Crippen molar-refractivity contribution in [2.75, 3.05) is 13.7 Å². The Kier molecular flexibility index (Phi) is 3.93. The van der Waals surface area contributed by atoms with E-state index in [9.17, 15) is 0 Å². The zero-order valence-corrected chi connectivity index (χ0v) is 13.5. The smallest absolute Gasteiger partial charge is 0.0705 e. The average Bonchev–Trinajstić information content (AvgIpc) is 2.65. The first kappa shape index (κ1) is 14.8. The van der Waals surface area contributed by atoms with Crippen molar-refractivity contribution < 1.29 is 4.74 Å². The van der Waals surface area contributed by atoms with Crippen LogP contribution in [0.1, 0.15) is 17.3 Å². The number of rotatable bonds is 4. The van der Waals surface area contributed by atoms with Gasteiger partial charge in [-0.1, -0.05) is 48.5 Å². The van der Waals surface area contributed by atoms with E-state index in [1.807, 2.05) is 36.4 Å². The van der Waals surface area contributed by atoms with Crippen LogP contribution in [0, 0.1) is 0 Å². The highest BCUT2D eigenvalue weighted by molar-refractivity contribution is 5.79. The molecule has 0 unspecified atom stereocenters. The Balaban J connectivity index is 1.81. The van der Waals surface area contributed by atoms with E-state index in [0.29, 0.717) is 6.61 Å². The van der Waals surface area contributed by atoms with Gasteiger partial charge in [0, 0.05) is 17.9 Å². The number of ether oxygens (including phenoxy) is 1. The molecular formula is C21H18N2O. The number of hydrogen-bond donors (Lipinski definition) is 0.